The summed E-state index contributed by atoms with van der Waals surface area (Å²) in [6.07, 6.45) is 0. The molecule has 160 valence electrons. The second kappa shape index (κ2) is 9.03. The first-order valence-corrected chi connectivity index (χ1v) is 10.2. The Balaban J connectivity index is 1.36. The van der Waals surface area contributed by atoms with E-state index in [2.05, 4.69) is 15.5 Å². The smallest absolute Gasteiger partial charge is 0.322 e. The first-order chi connectivity index (χ1) is 14.9. The maximum Gasteiger partial charge on any atom is 0.322 e. The van der Waals surface area contributed by atoms with Crippen molar-refractivity contribution in [3.8, 4) is 11.3 Å². The largest absolute Gasteiger partial charge is 0.352 e. The molecule has 4 rings (SSSR count). The number of aromatic nitrogens is 2. The zero-order valence-corrected chi connectivity index (χ0v) is 17.7. The van der Waals surface area contributed by atoms with E-state index in [1.165, 1.54) is 6.07 Å². The van der Waals surface area contributed by atoms with Crippen molar-refractivity contribution in [1.29, 1.82) is 0 Å². The number of carbonyl (C=O) groups is 1. The fourth-order valence-electron chi connectivity index (χ4n) is 3.26. The third kappa shape index (κ3) is 4.86. The average Bonchev–Trinajstić information content (AvgIpc) is 2.76. The first kappa shape index (κ1) is 21.3. The Morgan fingerprint density at radius 3 is 2.35 bits per heavy atom. The number of hydrogen-bond acceptors (Lipinski definition) is 4. The monoisotopic (exact) mass is 463 g/mol. The Bertz CT molecular complexity index is 1110. The molecule has 0 bridgehead atoms. The minimum atomic E-state index is -0.817. The Kier molecular flexibility index (Phi) is 6.20. The zero-order chi connectivity index (χ0) is 22.0. The molecule has 2 amide bonds. The van der Waals surface area contributed by atoms with Crippen LogP contribution in [0.4, 0.5) is 25.1 Å². The minimum absolute atomic E-state index is 0.0591. The van der Waals surface area contributed by atoms with Crippen molar-refractivity contribution in [3.63, 3.8) is 0 Å². The number of nitrogens with one attached hydrogen (secondary N) is 1. The number of halogens is 4. The van der Waals surface area contributed by atoms with E-state index in [1.54, 1.807) is 23.1 Å². The van der Waals surface area contributed by atoms with Gasteiger partial charge in [-0.25, -0.2) is 13.6 Å². The van der Waals surface area contributed by atoms with E-state index in [-0.39, 0.29) is 5.69 Å². The summed E-state index contributed by atoms with van der Waals surface area (Å²) in [6, 6.07) is 11.4. The van der Waals surface area contributed by atoms with Gasteiger partial charge in [0.15, 0.2) is 5.82 Å². The number of amides is 2. The lowest BCUT2D eigenvalue weighted by Crippen LogP contribution is -2.50. The number of urea groups is 1. The molecular weight excluding hydrogens is 447 g/mol. The van der Waals surface area contributed by atoms with Gasteiger partial charge in [0.25, 0.3) is 0 Å². The van der Waals surface area contributed by atoms with E-state index in [1.807, 2.05) is 17.0 Å². The molecule has 0 radical (unpaired) electrons. The fourth-order valence-corrected chi connectivity index (χ4v) is 3.76. The van der Waals surface area contributed by atoms with Crippen LogP contribution in [-0.4, -0.2) is 47.3 Å². The second-order valence-electron chi connectivity index (χ2n) is 6.93. The molecule has 0 atom stereocenters. The highest BCUT2D eigenvalue weighted by Crippen LogP contribution is 2.29. The number of piperazine rings is 1. The van der Waals surface area contributed by atoms with Crippen LogP contribution in [0, 0.1) is 11.6 Å². The number of carbonyl (C=O) groups excluding carboxylic acids is 1. The van der Waals surface area contributed by atoms with Crippen LogP contribution in [0.25, 0.3) is 11.3 Å². The molecule has 1 N–H and O–H groups in total. The summed E-state index contributed by atoms with van der Waals surface area (Å²) in [4.78, 5) is 16.0. The second-order valence-corrected chi connectivity index (χ2v) is 7.77. The summed E-state index contributed by atoms with van der Waals surface area (Å²) < 4.78 is 26.8. The van der Waals surface area contributed by atoms with Crippen LogP contribution in [0.2, 0.25) is 10.0 Å². The van der Waals surface area contributed by atoms with Gasteiger partial charge < -0.3 is 15.1 Å². The van der Waals surface area contributed by atoms with Gasteiger partial charge in [-0.05, 0) is 42.5 Å². The van der Waals surface area contributed by atoms with Crippen molar-refractivity contribution in [2.24, 2.45) is 0 Å². The predicted molar refractivity (Wildman–Crippen MR) is 117 cm³/mol. The lowest BCUT2D eigenvalue weighted by Gasteiger charge is -2.35. The maximum absolute atomic E-state index is 13.7. The molecule has 0 unspecified atom stereocenters. The van der Waals surface area contributed by atoms with Crippen molar-refractivity contribution in [1.82, 2.24) is 15.1 Å². The lowest BCUT2D eigenvalue weighted by atomic mass is 10.1. The van der Waals surface area contributed by atoms with Gasteiger partial charge in [-0.1, -0.05) is 23.2 Å². The van der Waals surface area contributed by atoms with E-state index in [0.717, 1.165) is 17.7 Å². The van der Waals surface area contributed by atoms with Crippen LogP contribution < -0.4 is 10.2 Å². The summed E-state index contributed by atoms with van der Waals surface area (Å²) in [7, 11) is 0. The molecule has 6 nitrogen and oxygen atoms in total. The Morgan fingerprint density at radius 1 is 0.935 bits per heavy atom. The maximum atomic E-state index is 13.7. The third-order valence-electron chi connectivity index (χ3n) is 4.92. The van der Waals surface area contributed by atoms with E-state index in [0.29, 0.717) is 47.7 Å². The highest BCUT2D eigenvalue weighted by atomic mass is 35.5. The Labute approximate surface area is 187 Å². The van der Waals surface area contributed by atoms with Crippen molar-refractivity contribution in [2.75, 3.05) is 36.4 Å². The zero-order valence-electron chi connectivity index (χ0n) is 16.2. The summed E-state index contributed by atoms with van der Waals surface area (Å²) in [5.74, 6) is -0.837. The van der Waals surface area contributed by atoms with Gasteiger partial charge in [-0.3, -0.25) is 0 Å². The van der Waals surface area contributed by atoms with E-state index < -0.39 is 17.7 Å². The fraction of sp³-hybridized carbons (Fsp3) is 0.190. The SMILES string of the molecule is O=C(Nc1ccc(F)cc1F)N1CCN(c2ccc(-c3ccc(Cl)cc3Cl)nn2)CC1. The molecule has 2 aromatic carbocycles. The number of anilines is 2. The van der Waals surface area contributed by atoms with Gasteiger partial charge in [0.2, 0.25) is 0 Å². The Morgan fingerprint density at radius 2 is 1.71 bits per heavy atom. The van der Waals surface area contributed by atoms with Crippen molar-refractivity contribution in [2.45, 2.75) is 0 Å². The summed E-state index contributed by atoms with van der Waals surface area (Å²) in [5, 5.41) is 12.0. The summed E-state index contributed by atoms with van der Waals surface area (Å²) in [6.45, 7) is 1.91. The van der Waals surface area contributed by atoms with Gasteiger partial charge in [0.05, 0.1) is 16.4 Å². The standard InChI is InChI=1S/C21H17Cl2F2N5O/c22-13-1-3-15(16(23)11-13)18-5-6-20(28-27-18)29-7-9-30(10-8-29)21(31)26-19-4-2-14(24)12-17(19)25/h1-6,11-12H,7-10H2,(H,26,31). The number of benzene rings is 2. The van der Waals surface area contributed by atoms with E-state index >= 15 is 0 Å². The molecule has 2 heterocycles. The lowest BCUT2D eigenvalue weighted by molar-refractivity contribution is 0.208. The molecule has 31 heavy (non-hydrogen) atoms. The van der Waals surface area contributed by atoms with Gasteiger partial charge in [-0.2, -0.15) is 0 Å². The average molecular weight is 464 g/mol. The van der Waals surface area contributed by atoms with Gasteiger partial charge >= 0.3 is 6.03 Å². The summed E-state index contributed by atoms with van der Waals surface area (Å²) in [5.41, 5.74) is 1.31. The van der Waals surface area contributed by atoms with Crippen LogP contribution in [0.1, 0.15) is 0 Å². The number of nitrogens with zero attached hydrogens (tertiary/aromatic N) is 4. The van der Waals surface area contributed by atoms with Gasteiger partial charge in [0, 0.05) is 42.8 Å². The van der Waals surface area contributed by atoms with Crippen LogP contribution >= 0.6 is 23.2 Å². The van der Waals surface area contributed by atoms with E-state index in [4.69, 9.17) is 23.2 Å². The van der Waals surface area contributed by atoms with Crippen molar-refractivity contribution >= 4 is 40.7 Å². The topological polar surface area (TPSA) is 61.4 Å². The summed E-state index contributed by atoms with van der Waals surface area (Å²) >= 11 is 12.2. The number of hydrogen-bond donors (Lipinski definition) is 1. The van der Waals surface area contributed by atoms with E-state index in [9.17, 15) is 13.6 Å². The predicted octanol–water partition coefficient (Wildman–Crippen LogP) is 5.08. The highest BCUT2D eigenvalue weighted by Gasteiger charge is 2.23. The third-order valence-corrected chi connectivity index (χ3v) is 5.47. The molecule has 1 aliphatic rings. The molecule has 1 fully saturated rings. The molecule has 10 heteroatoms. The molecule has 3 aromatic rings. The van der Waals surface area contributed by atoms with Crippen LogP contribution in [0.5, 0.6) is 0 Å². The molecular formula is C21H17Cl2F2N5O. The van der Waals surface area contributed by atoms with Crippen LogP contribution in [0.3, 0.4) is 0 Å². The van der Waals surface area contributed by atoms with Gasteiger partial charge in [-0.15, -0.1) is 10.2 Å². The molecule has 1 saturated heterocycles. The van der Waals surface area contributed by atoms with Crippen molar-refractivity contribution < 1.29 is 13.6 Å². The minimum Gasteiger partial charge on any atom is -0.352 e. The quantitative estimate of drug-likeness (QED) is 0.587. The molecule has 0 aliphatic carbocycles. The highest BCUT2D eigenvalue weighted by molar-refractivity contribution is 6.36. The number of rotatable bonds is 3. The molecule has 1 aliphatic heterocycles. The van der Waals surface area contributed by atoms with Crippen molar-refractivity contribution in [3.05, 3.63) is 70.2 Å². The molecule has 0 spiro atoms. The first-order valence-electron chi connectivity index (χ1n) is 9.46. The molecule has 1 aromatic heterocycles. The normalized spacial score (nSPS) is 13.9. The van der Waals surface area contributed by atoms with Gasteiger partial charge in [0.1, 0.15) is 11.6 Å². The van der Waals surface area contributed by atoms with Crippen LogP contribution in [-0.2, 0) is 0 Å². The van der Waals surface area contributed by atoms with Crippen LogP contribution in [0.15, 0.2) is 48.5 Å². The molecule has 0 saturated carbocycles. The Hall–Kier alpha value is -2.97.